The molecule has 3 saturated heterocycles. The topological polar surface area (TPSA) is 21.6 Å². The molecule has 0 spiro atoms. The summed E-state index contributed by atoms with van der Waals surface area (Å²) < 4.78 is 1.11. The molecule has 4 heteroatoms. The fraction of sp³-hybridized carbons (Fsp3) is 0.381. The number of hydrogen-bond donors (Lipinski definition) is 0. The molecule has 3 fully saturated rings. The smallest absolute Gasteiger partial charge is 0.177 e. The van der Waals surface area contributed by atoms with E-state index in [-0.39, 0.29) is 6.10 Å². The molecule has 130 valence electrons. The lowest BCUT2D eigenvalue weighted by molar-refractivity contribution is -0.911. The van der Waals surface area contributed by atoms with Gasteiger partial charge in [-0.15, -0.1) is 0 Å². The Balaban J connectivity index is 1.61. The van der Waals surface area contributed by atoms with Crippen molar-refractivity contribution in [1.29, 1.82) is 0 Å². The highest BCUT2D eigenvalue weighted by Crippen LogP contribution is 2.32. The third-order valence-corrected chi connectivity index (χ3v) is 5.85. The fourth-order valence-corrected chi connectivity index (χ4v) is 4.13. The van der Waals surface area contributed by atoms with Crippen molar-refractivity contribution in [2.75, 3.05) is 26.7 Å². The molecule has 3 heterocycles. The molecular formula is C21H24ClN2O+. The molecule has 0 amide bonds. The Bertz CT molecular complexity index is 749. The molecule has 1 unspecified atom stereocenters. The summed E-state index contributed by atoms with van der Waals surface area (Å²) in [4.78, 5) is 6.13. The maximum absolute atomic E-state index is 6.13. The van der Waals surface area contributed by atoms with Crippen LogP contribution in [-0.4, -0.2) is 36.9 Å². The van der Waals surface area contributed by atoms with Crippen LogP contribution < -0.4 is 0 Å². The lowest BCUT2D eigenvalue weighted by atomic mass is 9.85. The van der Waals surface area contributed by atoms with Crippen LogP contribution in [0, 0.1) is 5.92 Å². The van der Waals surface area contributed by atoms with Crippen molar-refractivity contribution in [2.45, 2.75) is 18.9 Å². The number of quaternary nitrogens is 1. The van der Waals surface area contributed by atoms with Crippen molar-refractivity contribution < 1.29 is 9.32 Å². The summed E-state index contributed by atoms with van der Waals surface area (Å²) in [5.41, 5.74) is 3.41. The van der Waals surface area contributed by atoms with Crippen LogP contribution >= 0.6 is 11.6 Å². The van der Waals surface area contributed by atoms with Gasteiger partial charge in [-0.1, -0.05) is 59.2 Å². The van der Waals surface area contributed by atoms with Crippen molar-refractivity contribution >= 4 is 17.3 Å². The highest BCUT2D eigenvalue weighted by molar-refractivity contribution is 6.30. The van der Waals surface area contributed by atoms with Gasteiger partial charge in [-0.2, -0.15) is 0 Å². The summed E-state index contributed by atoms with van der Waals surface area (Å²) in [5.74, 6) is 0.599. The van der Waals surface area contributed by atoms with Gasteiger partial charge in [-0.05, 0) is 23.3 Å². The number of benzene rings is 2. The van der Waals surface area contributed by atoms with E-state index in [1.54, 1.807) is 0 Å². The van der Waals surface area contributed by atoms with E-state index >= 15 is 0 Å². The molecule has 3 nitrogen and oxygen atoms in total. The largest absolute Gasteiger partial charge is 0.383 e. The van der Waals surface area contributed by atoms with E-state index < -0.39 is 0 Å². The molecule has 2 aromatic carbocycles. The van der Waals surface area contributed by atoms with Crippen LogP contribution in [0.15, 0.2) is 59.8 Å². The van der Waals surface area contributed by atoms with E-state index in [0.717, 1.165) is 27.2 Å². The third kappa shape index (κ3) is 3.58. The molecule has 3 aliphatic heterocycles. The number of hydrogen-bond acceptors (Lipinski definition) is 2. The molecule has 2 aromatic rings. The van der Waals surface area contributed by atoms with Crippen LogP contribution in [0.4, 0.5) is 0 Å². The fourth-order valence-electron chi connectivity index (χ4n) is 4.01. The van der Waals surface area contributed by atoms with Gasteiger partial charge in [0.1, 0.15) is 12.3 Å². The Labute approximate surface area is 154 Å². The molecule has 3 aliphatic rings. The summed E-state index contributed by atoms with van der Waals surface area (Å²) in [5, 5.41) is 5.39. The minimum absolute atomic E-state index is 0.202. The Kier molecular flexibility index (Phi) is 4.53. The first-order chi connectivity index (χ1) is 12.1. The number of piperidine rings is 3. The predicted octanol–water partition coefficient (Wildman–Crippen LogP) is 4.67. The van der Waals surface area contributed by atoms with Crippen molar-refractivity contribution in [1.82, 2.24) is 0 Å². The lowest BCUT2D eigenvalue weighted by Gasteiger charge is -2.46. The van der Waals surface area contributed by atoms with E-state index in [2.05, 4.69) is 24.3 Å². The molecule has 0 aromatic heterocycles. The molecule has 0 radical (unpaired) electrons. The molecule has 1 atom stereocenters. The maximum Gasteiger partial charge on any atom is 0.177 e. The summed E-state index contributed by atoms with van der Waals surface area (Å²) in [6.07, 6.45) is 2.26. The van der Waals surface area contributed by atoms with Gasteiger partial charge in [0, 0.05) is 23.8 Å². The van der Waals surface area contributed by atoms with Crippen molar-refractivity contribution in [2.24, 2.45) is 11.1 Å². The van der Waals surface area contributed by atoms with Crippen molar-refractivity contribution in [3.8, 4) is 0 Å². The van der Waals surface area contributed by atoms with E-state index in [4.69, 9.17) is 16.4 Å². The van der Waals surface area contributed by atoms with Gasteiger partial charge >= 0.3 is 0 Å². The SMILES string of the molecule is C[N+]12CCC(CC1)/C(=N\OC(c1ccccc1)c1ccc(Cl)cc1)C2. The highest BCUT2D eigenvalue weighted by atomic mass is 35.5. The van der Waals surface area contributed by atoms with Crippen molar-refractivity contribution in [3.63, 3.8) is 0 Å². The van der Waals surface area contributed by atoms with Gasteiger partial charge < -0.3 is 9.32 Å². The maximum atomic E-state index is 6.13. The molecule has 2 bridgehead atoms. The number of rotatable bonds is 4. The number of nitrogens with zero attached hydrogens (tertiary/aromatic N) is 2. The summed E-state index contributed by atoms with van der Waals surface area (Å²) in [7, 11) is 2.33. The van der Waals surface area contributed by atoms with Crippen LogP contribution in [0.2, 0.25) is 5.02 Å². The first-order valence-corrected chi connectivity index (χ1v) is 9.37. The normalized spacial score (nSPS) is 28.1. The van der Waals surface area contributed by atoms with Gasteiger partial charge in [-0.3, -0.25) is 0 Å². The second-order valence-electron chi connectivity index (χ2n) is 7.53. The van der Waals surface area contributed by atoms with Crippen LogP contribution in [0.25, 0.3) is 0 Å². The first-order valence-electron chi connectivity index (χ1n) is 8.99. The van der Waals surface area contributed by atoms with Gasteiger partial charge in [0.25, 0.3) is 0 Å². The van der Waals surface area contributed by atoms with Crippen LogP contribution in [-0.2, 0) is 4.84 Å². The molecule has 5 rings (SSSR count). The lowest BCUT2D eigenvalue weighted by Crippen LogP contribution is -2.59. The summed E-state index contributed by atoms with van der Waals surface area (Å²) in [6.45, 7) is 3.55. The van der Waals surface area contributed by atoms with Crippen LogP contribution in [0.1, 0.15) is 30.1 Å². The van der Waals surface area contributed by atoms with E-state index in [1.807, 2.05) is 42.5 Å². The third-order valence-electron chi connectivity index (χ3n) is 5.60. The first kappa shape index (κ1) is 16.6. The van der Waals surface area contributed by atoms with E-state index in [9.17, 15) is 0 Å². The van der Waals surface area contributed by atoms with Gasteiger partial charge in [0.05, 0.1) is 20.1 Å². The highest BCUT2D eigenvalue weighted by Gasteiger charge is 2.41. The van der Waals surface area contributed by atoms with Gasteiger partial charge in [0.15, 0.2) is 6.10 Å². The average molecular weight is 356 g/mol. The second-order valence-corrected chi connectivity index (χ2v) is 7.97. The Morgan fingerprint density at radius 1 is 1.00 bits per heavy atom. The predicted molar refractivity (Wildman–Crippen MR) is 102 cm³/mol. The minimum Gasteiger partial charge on any atom is -0.383 e. The summed E-state index contributed by atoms with van der Waals surface area (Å²) in [6, 6.07) is 18.1. The molecular weight excluding hydrogens is 332 g/mol. The zero-order valence-electron chi connectivity index (χ0n) is 14.6. The molecule has 25 heavy (non-hydrogen) atoms. The zero-order valence-corrected chi connectivity index (χ0v) is 15.3. The number of oxime groups is 1. The number of fused-ring (bicyclic) bond motifs is 3. The Morgan fingerprint density at radius 2 is 1.64 bits per heavy atom. The quantitative estimate of drug-likeness (QED) is 0.576. The zero-order chi connectivity index (χ0) is 17.3. The Morgan fingerprint density at radius 3 is 2.28 bits per heavy atom. The van der Waals surface area contributed by atoms with Crippen LogP contribution in [0.3, 0.4) is 0 Å². The van der Waals surface area contributed by atoms with E-state index in [1.165, 1.54) is 31.6 Å². The molecule has 0 aliphatic carbocycles. The molecule has 0 saturated carbocycles. The van der Waals surface area contributed by atoms with Crippen molar-refractivity contribution in [3.05, 3.63) is 70.7 Å². The van der Waals surface area contributed by atoms with E-state index in [0.29, 0.717) is 5.92 Å². The average Bonchev–Trinajstić information content (AvgIpc) is 2.64. The second kappa shape index (κ2) is 6.81. The summed E-state index contributed by atoms with van der Waals surface area (Å²) >= 11 is 6.05. The van der Waals surface area contributed by atoms with Crippen LogP contribution in [0.5, 0.6) is 0 Å². The Hall–Kier alpha value is -1.84. The van der Waals surface area contributed by atoms with Gasteiger partial charge in [-0.25, -0.2) is 0 Å². The molecule has 0 N–H and O–H groups in total. The standard InChI is InChI=1S/C21H24ClN2O/c1-24-13-11-16(12-14-24)20(15-24)23-25-21(17-5-3-2-4-6-17)18-7-9-19(22)10-8-18/h2-10,16,21H,11-15H2,1H3/q+1/b23-20-. The monoisotopic (exact) mass is 355 g/mol. The number of halogens is 1. The minimum atomic E-state index is -0.202. The van der Waals surface area contributed by atoms with Gasteiger partial charge in [0.2, 0.25) is 0 Å².